The Morgan fingerprint density at radius 2 is 2.13 bits per heavy atom. The van der Waals surface area contributed by atoms with Crippen LogP contribution < -0.4 is 0 Å². The molecular formula is C12H11ClO2. The van der Waals surface area contributed by atoms with Crippen molar-refractivity contribution in [1.82, 2.24) is 0 Å². The van der Waals surface area contributed by atoms with Crippen LogP contribution in [0.2, 0.25) is 5.02 Å². The van der Waals surface area contributed by atoms with E-state index in [1.165, 1.54) is 0 Å². The van der Waals surface area contributed by atoms with Crippen LogP contribution in [0, 0.1) is 0 Å². The second kappa shape index (κ2) is 4.09. The van der Waals surface area contributed by atoms with E-state index in [0.29, 0.717) is 16.3 Å². The minimum atomic E-state index is -0.755. The van der Waals surface area contributed by atoms with Crippen LogP contribution in [0.25, 0.3) is 0 Å². The number of benzene rings is 1. The fourth-order valence-electron chi connectivity index (χ4n) is 1.52. The molecule has 1 heterocycles. The van der Waals surface area contributed by atoms with Crippen LogP contribution in [0.5, 0.6) is 0 Å². The lowest BCUT2D eigenvalue weighted by molar-refractivity contribution is 0.0374. The summed E-state index contributed by atoms with van der Waals surface area (Å²) in [7, 11) is 0. The number of ether oxygens (including phenoxy) is 1. The van der Waals surface area contributed by atoms with Crippen LogP contribution in [-0.2, 0) is 4.74 Å². The normalized spacial score (nSPS) is 21.5. The molecule has 0 radical (unpaired) electrons. The van der Waals surface area contributed by atoms with Crippen molar-refractivity contribution in [1.29, 1.82) is 0 Å². The van der Waals surface area contributed by atoms with Crippen LogP contribution >= 0.6 is 11.6 Å². The average Bonchev–Trinajstić information content (AvgIpc) is 2.65. The maximum atomic E-state index is 10.0. The van der Waals surface area contributed by atoms with E-state index in [-0.39, 0.29) is 0 Å². The molecule has 1 N–H and O–H groups in total. The van der Waals surface area contributed by atoms with Gasteiger partial charge in [-0.1, -0.05) is 36.4 Å². The number of halogens is 1. The third-order valence-corrected chi connectivity index (χ3v) is 2.64. The van der Waals surface area contributed by atoms with Gasteiger partial charge in [-0.25, -0.2) is 0 Å². The predicted octanol–water partition coefficient (Wildman–Crippen LogP) is 2.84. The summed E-state index contributed by atoms with van der Waals surface area (Å²) in [5.41, 5.74) is 0.670. The average molecular weight is 223 g/mol. The Balaban J connectivity index is 2.22. The molecular weight excluding hydrogens is 212 g/mol. The third kappa shape index (κ3) is 2.06. The van der Waals surface area contributed by atoms with Crippen molar-refractivity contribution in [3.05, 3.63) is 59.3 Å². The lowest BCUT2D eigenvalue weighted by Gasteiger charge is -2.18. The zero-order chi connectivity index (χ0) is 10.8. The monoisotopic (exact) mass is 222 g/mol. The highest BCUT2D eigenvalue weighted by Gasteiger charge is 2.25. The molecule has 2 rings (SSSR count). The van der Waals surface area contributed by atoms with E-state index < -0.39 is 12.2 Å². The molecule has 3 heteroatoms. The Labute approximate surface area is 93.4 Å². The van der Waals surface area contributed by atoms with Crippen LogP contribution in [0.4, 0.5) is 0 Å². The van der Waals surface area contributed by atoms with Gasteiger partial charge in [0, 0.05) is 10.6 Å². The highest BCUT2D eigenvalue weighted by atomic mass is 35.5. The number of aliphatic hydroxyl groups is 1. The Morgan fingerprint density at radius 3 is 2.73 bits per heavy atom. The molecule has 1 aliphatic heterocycles. The molecule has 0 saturated carbocycles. The number of aliphatic hydroxyl groups excluding tert-OH is 1. The predicted molar refractivity (Wildman–Crippen MR) is 59.6 cm³/mol. The summed E-state index contributed by atoms with van der Waals surface area (Å²) in [6.07, 6.45) is 2.37. The van der Waals surface area contributed by atoms with Crippen molar-refractivity contribution in [3.8, 4) is 0 Å². The summed E-state index contributed by atoms with van der Waals surface area (Å²) in [6.45, 7) is 3.65. The molecule has 0 aliphatic carbocycles. The molecule has 0 fully saturated rings. The van der Waals surface area contributed by atoms with Gasteiger partial charge in [0.25, 0.3) is 0 Å². The fourth-order valence-corrected chi connectivity index (χ4v) is 1.76. The van der Waals surface area contributed by atoms with E-state index in [0.717, 1.165) is 0 Å². The van der Waals surface area contributed by atoms with Crippen LogP contribution in [-0.4, -0.2) is 11.2 Å². The number of rotatable bonds is 2. The lowest BCUT2D eigenvalue weighted by Crippen LogP contribution is -2.16. The summed E-state index contributed by atoms with van der Waals surface area (Å²) in [5, 5.41) is 10.6. The zero-order valence-electron chi connectivity index (χ0n) is 8.06. The van der Waals surface area contributed by atoms with Gasteiger partial charge in [-0.2, -0.15) is 0 Å². The summed E-state index contributed by atoms with van der Waals surface area (Å²) < 4.78 is 5.32. The molecule has 1 aromatic carbocycles. The van der Waals surface area contributed by atoms with Gasteiger partial charge >= 0.3 is 0 Å². The molecule has 0 amide bonds. The standard InChI is InChI=1S/C12H11ClO2/c1-8-6-7-11(15-8)12(14)9-4-2-3-5-10(9)13/h2-7,11-12,14H,1H2/t11-,12-/m0/s1. The maximum absolute atomic E-state index is 10.0. The Kier molecular flexibility index (Phi) is 2.80. The topological polar surface area (TPSA) is 29.5 Å². The molecule has 0 saturated heterocycles. The van der Waals surface area contributed by atoms with Gasteiger partial charge in [-0.15, -0.1) is 0 Å². The largest absolute Gasteiger partial charge is 0.484 e. The van der Waals surface area contributed by atoms with Crippen molar-refractivity contribution in [2.75, 3.05) is 0 Å². The van der Waals surface area contributed by atoms with Gasteiger partial charge in [0.15, 0.2) is 0 Å². The van der Waals surface area contributed by atoms with Gasteiger partial charge in [0.1, 0.15) is 18.0 Å². The number of hydrogen-bond acceptors (Lipinski definition) is 2. The highest BCUT2D eigenvalue weighted by Crippen LogP contribution is 2.30. The first-order valence-corrected chi connectivity index (χ1v) is 5.02. The molecule has 78 valence electrons. The van der Waals surface area contributed by atoms with Crippen molar-refractivity contribution in [3.63, 3.8) is 0 Å². The first kappa shape index (κ1) is 10.3. The quantitative estimate of drug-likeness (QED) is 0.834. The Bertz CT molecular complexity index is 412. The van der Waals surface area contributed by atoms with E-state index in [1.807, 2.05) is 12.1 Å². The van der Waals surface area contributed by atoms with Gasteiger partial charge in [0.05, 0.1) is 0 Å². The Morgan fingerprint density at radius 1 is 1.40 bits per heavy atom. The summed E-state index contributed by atoms with van der Waals surface area (Å²) in [6, 6.07) is 7.18. The summed E-state index contributed by atoms with van der Waals surface area (Å²) in [5.74, 6) is 0.561. The van der Waals surface area contributed by atoms with Gasteiger partial charge in [0.2, 0.25) is 0 Å². The van der Waals surface area contributed by atoms with E-state index in [9.17, 15) is 5.11 Å². The minimum Gasteiger partial charge on any atom is -0.484 e. The molecule has 0 unspecified atom stereocenters. The van der Waals surface area contributed by atoms with Gasteiger partial charge < -0.3 is 9.84 Å². The third-order valence-electron chi connectivity index (χ3n) is 2.29. The van der Waals surface area contributed by atoms with Crippen molar-refractivity contribution >= 4 is 11.6 Å². The summed E-state index contributed by atoms with van der Waals surface area (Å²) in [4.78, 5) is 0. The maximum Gasteiger partial charge on any atom is 0.147 e. The SMILES string of the molecule is C=C1C=C[C@@H]([C@@H](O)c2ccccc2Cl)O1. The van der Waals surface area contributed by atoms with Crippen LogP contribution in [0.1, 0.15) is 11.7 Å². The molecule has 1 aromatic rings. The second-order valence-corrected chi connectivity index (χ2v) is 3.78. The first-order chi connectivity index (χ1) is 7.18. The first-order valence-electron chi connectivity index (χ1n) is 4.65. The van der Waals surface area contributed by atoms with E-state index >= 15 is 0 Å². The van der Waals surface area contributed by atoms with Gasteiger partial charge in [-0.3, -0.25) is 0 Å². The number of allylic oxidation sites excluding steroid dienone is 1. The molecule has 0 spiro atoms. The molecule has 2 nitrogen and oxygen atoms in total. The minimum absolute atomic E-state index is 0.391. The summed E-state index contributed by atoms with van der Waals surface area (Å²) >= 11 is 5.97. The molecule has 2 atom stereocenters. The van der Waals surface area contributed by atoms with Gasteiger partial charge in [-0.05, 0) is 18.2 Å². The number of hydrogen-bond donors (Lipinski definition) is 1. The van der Waals surface area contributed by atoms with Crippen molar-refractivity contribution in [2.24, 2.45) is 0 Å². The van der Waals surface area contributed by atoms with E-state index in [1.54, 1.807) is 24.3 Å². The molecule has 1 aliphatic rings. The van der Waals surface area contributed by atoms with Crippen molar-refractivity contribution in [2.45, 2.75) is 12.2 Å². The Hall–Kier alpha value is -1.25. The molecule has 15 heavy (non-hydrogen) atoms. The van der Waals surface area contributed by atoms with E-state index in [4.69, 9.17) is 16.3 Å². The van der Waals surface area contributed by atoms with Crippen LogP contribution in [0.15, 0.2) is 48.8 Å². The lowest BCUT2D eigenvalue weighted by atomic mass is 10.0. The fraction of sp³-hybridized carbons (Fsp3) is 0.167. The van der Waals surface area contributed by atoms with Crippen molar-refractivity contribution < 1.29 is 9.84 Å². The second-order valence-electron chi connectivity index (χ2n) is 3.37. The smallest absolute Gasteiger partial charge is 0.147 e. The van der Waals surface area contributed by atoms with E-state index in [2.05, 4.69) is 6.58 Å². The highest BCUT2D eigenvalue weighted by molar-refractivity contribution is 6.31. The van der Waals surface area contributed by atoms with Crippen LogP contribution in [0.3, 0.4) is 0 Å². The molecule has 0 bridgehead atoms. The zero-order valence-corrected chi connectivity index (χ0v) is 8.82. The molecule has 0 aromatic heterocycles.